The molecular formula is C12H15BrN2O2. The second-order valence-electron chi connectivity index (χ2n) is 3.63. The van der Waals surface area contributed by atoms with Crippen LogP contribution in [-0.2, 0) is 4.79 Å². The molecule has 4 nitrogen and oxygen atoms in total. The van der Waals surface area contributed by atoms with Crippen molar-refractivity contribution in [3.63, 3.8) is 0 Å². The monoisotopic (exact) mass is 298 g/mol. The van der Waals surface area contributed by atoms with Crippen LogP contribution in [-0.4, -0.2) is 36.9 Å². The molecule has 0 heterocycles. The van der Waals surface area contributed by atoms with Crippen molar-refractivity contribution >= 4 is 27.7 Å². The molecule has 0 aliphatic heterocycles. The van der Waals surface area contributed by atoms with Gasteiger partial charge in [-0.15, -0.1) is 0 Å². The van der Waals surface area contributed by atoms with Gasteiger partial charge < -0.3 is 10.2 Å². The molecule has 0 unspecified atom stereocenters. The molecule has 0 atom stereocenters. The van der Waals surface area contributed by atoms with Gasteiger partial charge in [-0.05, 0) is 25.1 Å². The van der Waals surface area contributed by atoms with Crippen LogP contribution >= 0.6 is 15.9 Å². The molecular weight excluding hydrogens is 284 g/mol. The number of amides is 2. The minimum Gasteiger partial charge on any atom is -0.355 e. The van der Waals surface area contributed by atoms with Gasteiger partial charge in [-0.2, -0.15) is 0 Å². The summed E-state index contributed by atoms with van der Waals surface area (Å²) in [5.74, 6) is -0.323. The van der Waals surface area contributed by atoms with Crippen LogP contribution in [0.5, 0.6) is 0 Å². The Morgan fingerprint density at radius 3 is 2.71 bits per heavy atom. The van der Waals surface area contributed by atoms with E-state index in [4.69, 9.17) is 0 Å². The fraction of sp³-hybridized carbons (Fsp3) is 0.333. The van der Waals surface area contributed by atoms with Crippen LogP contribution in [0.2, 0.25) is 0 Å². The maximum absolute atomic E-state index is 12.0. The van der Waals surface area contributed by atoms with Crippen LogP contribution < -0.4 is 5.32 Å². The molecule has 2 amide bonds. The van der Waals surface area contributed by atoms with Crippen LogP contribution in [0.15, 0.2) is 28.7 Å². The Hall–Kier alpha value is -1.36. The van der Waals surface area contributed by atoms with Gasteiger partial charge in [0, 0.05) is 23.6 Å². The normalized spacial score (nSPS) is 9.82. The van der Waals surface area contributed by atoms with E-state index in [0.717, 1.165) is 4.47 Å². The number of carbonyl (C=O) groups excluding carboxylic acids is 2. The van der Waals surface area contributed by atoms with Gasteiger partial charge in [0.05, 0.1) is 6.54 Å². The minimum absolute atomic E-state index is 0.0686. The molecule has 0 spiro atoms. The van der Waals surface area contributed by atoms with E-state index in [2.05, 4.69) is 21.2 Å². The predicted molar refractivity (Wildman–Crippen MR) is 69.8 cm³/mol. The molecule has 0 aliphatic carbocycles. The van der Waals surface area contributed by atoms with Gasteiger partial charge in [0.25, 0.3) is 5.91 Å². The third-order valence-corrected chi connectivity index (χ3v) is 2.67. The van der Waals surface area contributed by atoms with Crippen LogP contribution in [0.25, 0.3) is 0 Å². The van der Waals surface area contributed by atoms with E-state index in [9.17, 15) is 9.59 Å². The Morgan fingerprint density at radius 2 is 2.12 bits per heavy atom. The highest BCUT2D eigenvalue weighted by atomic mass is 79.9. The molecule has 0 aliphatic rings. The second kappa shape index (κ2) is 6.39. The van der Waals surface area contributed by atoms with Crippen LogP contribution in [0, 0.1) is 0 Å². The van der Waals surface area contributed by atoms with Crippen LogP contribution in [0.1, 0.15) is 17.3 Å². The molecule has 5 heteroatoms. The molecule has 1 aromatic carbocycles. The van der Waals surface area contributed by atoms with Gasteiger partial charge in [0.1, 0.15) is 0 Å². The SMILES string of the molecule is CCNC(=O)CN(C)C(=O)c1cccc(Br)c1. The third kappa shape index (κ3) is 4.19. The summed E-state index contributed by atoms with van der Waals surface area (Å²) in [5.41, 5.74) is 0.561. The summed E-state index contributed by atoms with van der Waals surface area (Å²) >= 11 is 3.31. The van der Waals surface area contributed by atoms with E-state index in [0.29, 0.717) is 12.1 Å². The minimum atomic E-state index is -0.169. The average molecular weight is 299 g/mol. The number of hydrogen-bond donors (Lipinski definition) is 1. The number of rotatable bonds is 4. The van der Waals surface area contributed by atoms with Gasteiger partial charge in [-0.3, -0.25) is 9.59 Å². The summed E-state index contributed by atoms with van der Waals surface area (Å²) in [6.45, 7) is 2.48. The Balaban J connectivity index is 2.67. The van der Waals surface area contributed by atoms with Gasteiger partial charge >= 0.3 is 0 Å². The molecule has 0 radical (unpaired) electrons. The quantitative estimate of drug-likeness (QED) is 0.919. The first-order valence-corrected chi connectivity index (χ1v) is 6.11. The maximum atomic E-state index is 12.0. The summed E-state index contributed by atoms with van der Waals surface area (Å²) < 4.78 is 0.842. The molecule has 17 heavy (non-hydrogen) atoms. The van der Waals surface area contributed by atoms with E-state index in [1.54, 1.807) is 25.2 Å². The van der Waals surface area contributed by atoms with Crippen molar-refractivity contribution in [1.82, 2.24) is 10.2 Å². The lowest BCUT2D eigenvalue weighted by Crippen LogP contribution is -2.38. The van der Waals surface area contributed by atoms with Crippen molar-refractivity contribution in [3.8, 4) is 0 Å². The van der Waals surface area contributed by atoms with Gasteiger partial charge in [-0.1, -0.05) is 22.0 Å². The lowest BCUT2D eigenvalue weighted by Gasteiger charge is -2.16. The molecule has 0 aromatic heterocycles. The van der Waals surface area contributed by atoms with E-state index in [-0.39, 0.29) is 18.4 Å². The van der Waals surface area contributed by atoms with Crippen molar-refractivity contribution in [2.45, 2.75) is 6.92 Å². The number of hydrogen-bond acceptors (Lipinski definition) is 2. The molecule has 1 rings (SSSR count). The highest BCUT2D eigenvalue weighted by Gasteiger charge is 2.14. The number of benzene rings is 1. The standard InChI is InChI=1S/C12H15BrN2O2/c1-3-14-11(16)8-15(2)12(17)9-5-4-6-10(13)7-9/h4-7H,3,8H2,1-2H3,(H,14,16). The zero-order valence-corrected chi connectivity index (χ0v) is 11.5. The number of nitrogens with zero attached hydrogens (tertiary/aromatic N) is 1. The summed E-state index contributed by atoms with van der Waals surface area (Å²) in [5, 5.41) is 2.65. The largest absolute Gasteiger partial charge is 0.355 e. The highest BCUT2D eigenvalue weighted by molar-refractivity contribution is 9.10. The average Bonchev–Trinajstić information content (AvgIpc) is 2.28. The molecule has 0 saturated heterocycles. The fourth-order valence-electron chi connectivity index (χ4n) is 1.38. The first-order chi connectivity index (χ1) is 8.04. The van der Waals surface area contributed by atoms with Crippen LogP contribution in [0.3, 0.4) is 0 Å². The van der Waals surface area contributed by atoms with Crippen molar-refractivity contribution in [2.24, 2.45) is 0 Å². The maximum Gasteiger partial charge on any atom is 0.254 e. The lowest BCUT2D eigenvalue weighted by molar-refractivity contribution is -0.121. The first-order valence-electron chi connectivity index (χ1n) is 5.32. The Morgan fingerprint density at radius 1 is 1.41 bits per heavy atom. The second-order valence-corrected chi connectivity index (χ2v) is 4.54. The molecule has 0 saturated carbocycles. The fourth-order valence-corrected chi connectivity index (χ4v) is 1.78. The van der Waals surface area contributed by atoms with Gasteiger partial charge in [0.15, 0.2) is 0 Å². The van der Waals surface area contributed by atoms with E-state index >= 15 is 0 Å². The van der Waals surface area contributed by atoms with Crippen molar-refractivity contribution in [3.05, 3.63) is 34.3 Å². The number of likely N-dealkylation sites (N-methyl/N-ethyl adjacent to an activating group) is 2. The van der Waals surface area contributed by atoms with Crippen LogP contribution in [0.4, 0.5) is 0 Å². The number of carbonyl (C=O) groups is 2. The first kappa shape index (κ1) is 13.7. The topological polar surface area (TPSA) is 49.4 Å². The van der Waals surface area contributed by atoms with Crippen molar-refractivity contribution in [1.29, 1.82) is 0 Å². The van der Waals surface area contributed by atoms with Gasteiger partial charge in [0.2, 0.25) is 5.91 Å². The highest BCUT2D eigenvalue weighted by Crippen LogP contribution is 2.12. The zero-order chi connectivity index (χ0) is 12.8. The molecule has 92 valence electrons. The molecule has 1 aromatic rings. The zero-order valence-electron chi connectivity index (χ0n) is 9.87. The molecule has 0 bridgehead atoms. The Labute approximate surface area is 109 Å². The Bertz CT molecular complexity index is 421. The van der Waals surface area contributed by atoms with E-state index in [1.165, 1.54) is 4.90 Å². The smallest absolute Gasteiger partial charge is 0.254 e. The van der Waals surface area contributed by atoms with Crippen molar-refractivity contribution < 1.29 is 9.59 Å². The number of nitrogens with one attached hydrogen (secondary N) is 1. The summed E-state index contributed by atoms with van der Waals surface area (Å²) in [6, 6.07) is 7.09. The summed E-state index contributed by atoms with van der Waals surface area (Å²) in [4.78, 5) is 24.7. The van der Waals surface area contributed by atoms with Gasteiger partial charge in [-0.25, -0.2) is 0 Å². The number of halogens is 1. The molecule has 0 fully saturated rings. The van der Waals surface area contributed by atoms with Crippen molar-refractivity contribution in [2.75, 3.05) is 20.1 Å². The molecule has 1 N–H and O–H groups in total. The predicted octanol–water partition coefficient (Wildman–Crippen LogP) is 1.66. The van der Waals surface area contributed by atoms with E-state index < -0.39 is 0 Å². The van der Waals surface area contributed by atoms with E-state index in [1.807, 2.05) is 13.0 Å². The Kier molecular flexibility index (Phi) is 5.15. The third-order valence-electron chi connectivity index (χ3n) is 2.17. The summed E-state index contributed by atoms with van der Waals surface area (Å²) in [6.07, 6.45) is 0. The lowest BCUT2D eigenvalue weighted by atomic mass is 10.2. The summed E-state index contributed by atoms with van der Waals surface area (Å²) in [7, 11) is 1.61.